The number of halogens is 1. The highest BCUT2D eigenvalue weighted by Gasteiger charge is 2.06. The Morgan fingerprint density at radius 3 is 2.87 bits per heavy atom. The number of pyridine rings is 1. The predicted octanol–water partition coefficient (Wildman–Crippen LogP) is 3.35. The van der Waals surface area contributed by atoms with Crippen LogP contribution in [0.5, 0.6) is 0 Å². The van der Waals surface area contributed by atoms with Crippen LogP contribution in [0.1, 0.15) is 16.6 Å². The van der Waals surface area contributed by atoms with Crippen LogP contribution in [0, 0.1) is 18.3 Å². The van der Waals surface area contributed by atoms with Crippen LogP contribution in [-0.2, 0) is 0 Å². The van der Waals surface area contributed by atoms with Crippen molar-refractivity contribution < 1.29 is 0 Å². The van der Waals surface area contributed by atoms with Gasteiger partial charge in [-0.15, -0.1) is 11.6 Å². The minimum Gasteiger partial charge on any atom is -0.253 e. The van der Waals surface area contributed by atoms with Gasteiger partial charge in [0.1, 0.15) is 5.38 Å². The molecule has 0 radical (unpaired) electrons. The van der Waals surface area contributed by atoms with E-state index in [2.05, 4.69) is 4.98 Å². The summed E-state index contributed by atoms with van der Waals surface area (Å²) in [6, 6.07) is 11.6. The summed E-state index contributed by atoms with van der Waals surface area (Å²) in [4.78, 5) is 4.38. The normalized spacial score (nSPS) is 12.3. The van der Waals surface area contributed by atoms with Crippen LogP contribution in [0.15, 0.2) is 30.3 Å². The van der Waals surface area contributed by atoms with E-state index in [1.54, 1.807) is 0 Å². The number of alkyl halides is 1. The molecule has 0 saturated carbocycles. The van der Waals surface area contributed by atoms with Crippen LogP contribution in [-0.4, -0.2) is 4.98 Å². The third-order valence-electron chi connectivity index (χ3n) is 2.26. The van der Waals surface area contributed by atoms with Crippen molar-refractivity contribution in [2.75, 3.05) is 0 Å². The van der Waals surface area contributed by atoms with Crippen LogP contribution in [0.4, 0.5) is 0 Å². The number of hydrogen-bond acceptors (Lipinski definition) is 2. The number of rotatable bonds is 1. The lowest BCUT2D eigenvalue weighted by atomic mass is 10.1. The summed E-state index contributed by atoms with van der Waals surface area (Å²) in [5.41, 5.74) is 2.73. The molecule has 0 amide bonds. The van der Waals surface area contributed by atoms with Gasteiger partial charge in [0.05, 0.1) is 11.6 Å². The highest BCUT2D eigenvalue weighted by atomic mass is 35.5. The molecule has 0 aliphatic heterocycles. The molecule has 0 N–H and O–H groups in total. The second-order valence-electron chi connectivity index (χ2n) is 3.40. The van der Waals surface area contributed by atoms with E-state index in [0.29, 0.717) is 0 Å². The van der Waals surface area contributed by atoms with E-state index in [0.717, 1.165) is 22.2 Å². The van der Waals surface area contributed by atoms with Crippen LogP contribution in [0.3, 0.4) is 0 Å². The largest absolute Gasteiger partial charge is 0.253 e. The maximum Gasteiger partial charge on any atom is 0.145 e. The molecule has 1 aromatic heterocycles. The number of fused-ring (bicyclic) bond motifs is 1. The summed E-state index contributed by atoms with van der Waals surface area (Å²) in [6.45, 7) is 1.95. The number of benzene rings is 1. The van der Waals surface area contributed by atoms with E-state index in [-0.39, 0.29) is 0 Å². The topological polar surface area (TPSA) is 36.7 Å². The molecule has 0 aliphatic carbocycles. The van der Waals surface area contributed by atoms with Crippen molar-refractivity contribution in [1.29, 1.82) is 5.26 Å². The second kappa shape index (κ2) is 3.88. The van der Waals surface area contributed by atoms with Crippen LogP contribution < -0.4 is 0 Å². The predicted molar refractivity (Wildman–Crippen MR) is 60.7 cm³/mol. The molecule has 0 aliphatic rings. The Bertz CT molecular complexity index is 543. The van der Waals surface area contributed by atoms with Crippen molar-refractivity contribution >= 4 is 22.5 Å². The molecule has 2 aromatic rings. The number of aromatic nitrogens is 1. The summed E-state index contributed by atoms with van der Waals surface area (Å²) >= 11 is 5.84. The molecule has 3 heteroatoms. The van der Waals surface area contributed by atoms with Gasteiger partial charge < -0.3 is 0 Å². The van der Waals surface area contributed by atoms with Gasteiger partial charge in [-0.25, -0.2) is 0 Å². The minimum atomic E-state index is -0.587. The van der Waals surface area contributed by atoms with Crippen molar-refractivity contribution in [3.8, 4) is 6.07 Å². The fourth-order valence-electron chi connectivity index (χ4n) is 1.48. The first kappa shape index (κ1) is 9.95. The smallest absolute Gasteiger partial charge is 0.145 e. The third kappa shape index (κ3) is 1.93. The molecule has 0 bridgehead atoms. The van der Waals surface area contributed by atoms with Crippen LogP contribution in [0.25, 0.3) is 10.9 Å². The number of hydrogen-bond donors (Lipinski definition) is 0. The molecule has 1 unspecified atom stereocenters. The highest BCUT2D eigenvalue weighted by Crippen LogP contribution is 2.23. The minimum absolute atomic E-state index is 0.587. The quantitative estimate of drug-likeness (QED) is 0.686. The van der Waals surface area contributed by atoms with Crippen molar-refractivity contribution in [2.45, 2.75) is 12.3 Å². The van der Waals surface area contributed by atoms with Crippen LogP contribution in [0.2, 0.25) is 0 Å². The summed E-state index contributed by atoms with van der Waals surface area (Å²) in [6.07, 6.45) is 0. The van der Waals surface area contributed by atoms with Gasteiger partial charge in [-0.1, -0.05) is 12.1 Å². The average Bonchev–Trinajstić information content (AvgIpc) is 2.27. The number of nitrogens with zero attached hydrogens (tertiary/aromatic N) is 2. The molecule has 0 spiro atoms. The fourth-order valence-corrected chi connectivity index (χ4v) is 1.61. The molecule has 0 fully saturated rings. The molecule has 1 atom stereocenters. The molecule has 2 nitrogen and oxygen atoms in total. The lowest BCUT2D eigenvalue weighted by Gasteiger charge is -2.03. The monoisotopic (exact) mass is 216 g/mol. The number of aryl methyl sites for hydroxylation is 1. The van der Waals surface area contributed by atoms with E-state index in [1.807, 2.05) is 43.3 Å². The van der Waals surface area contributed by atoms with Crippen molar-refractivity contribution in [2.24, 2.45) is 0 Å². The molecule has 0 saturated heterocycles. The lowest BCUT2D eigenvalue weighted by Crippen LogP contribution is -1.88. The van der Waals surface area contributed by atoms with Gasteiger partial charge in [0.15, 0.2) is 0 Å². The Morgan fingerprint density at radius 1 is 1.33 bits per heavy atom. The first-order chi connectivity index (χ1) is 7.20. The zero-order chi connectivity index (χ0) is 10.8. The molecule has 1 heterocycles. The zero-order valence-electron chi connectivity index (χ0n) is 8.24. The first-order valence-electron chi connectivity index (χ1n) is 4.62. The van der Waals surface area contributed by atoms with Gasteiger partial charge in [0.2, 0.25) is 0 Å². The summed E-state index contributed by atoms with van der Waals surface area (Å²) < 4.78 is 0. The average molecular weight is 217 g/mol. The lowest BCUT2D eigenvalue weighted by molar-refractivity contribution is 1.21. The molecule has 2 rings (SSSR count). The maximum atomic E-state index is 8.71. The fraction of sp³-hybridized carbons (Fsp3) is 0.167. The van der Waals surface area contributed by atoms with Crippen LogP contribution >= 0.6 is 11.6 Å². The molecular formula is C12H9ClN2. The summed E-state index contributed by atoms with van der Waals surface area (Å²) in [7, 11) is 0. The van der Waals surface area contributed by atoms with Crippen molar-refractivity contribution in [3.05, 3.63) is 41.6 Å². The number of nitriles is 1. The SMILES string of the molecule is Cc1ccc2cc(C(Cl)C#N)ccc2n1. The van der Waals surface area contributed by atoms with E-state index < -0.39 is 5.38 Å². The first-order valence-corrected chi connectivity index (χ1v) is 5.05. The third-order valence-corrected chi connectivity index (χ3v) is 2.61. The highest BCUT2D eigenvalue weighted by molar-refractivity contribution is 6.22. The van der Waals surface area contributed by atoms with Gasteiger partial charge in [0, 0.05) is 11.1 Å². The maximum absolute atomic E-state index is 8.71. The molecule has 74 valence electrons. The van der Waals surface area contributed by atoms with Gasteiger partial charge in [-0.2, -0.15) is 5.26 Å². The van der Waals surface area contributed by atoms with Gasteiger partial charge in [0.25, 0.3) is 0 Å². The summed E-state index contributed by atoms with van der Waals surface area (Å²) in [5.74, 6) is 0. The molecule has 1 aromatic carbocycles. The molecule has 15 heavy (non-hydrogen) atoms. The van der Waals surface area contributed by atoms with E-state index in [1.165, 1.54) is 0 Å². The molecular weight excluding hydrogens is 208 g/mol. The van der Waals surface area contributed by atoms with Crippen molar-refractivity contribution in [1.82, 2.24) is 4.98 Å². The van der Waals surface area contributed by atoms with E-state index in [9.17, 15) is 0 Å². The van der Waals surface area contributed by atoms with Crippen molar-refractivity contribution in [3.63, 3.8) is 0 Å². The van der Waals surface area contributed by atoms with E-state index >= 15 is 0 Å². The zero-order valence-corrected chi connectivity index (χ0v) is 8.99. The van der Waals surface area contributed by atoms with E-state index in [4.69, 9.17) is 16.9 Å². The Kier molecular flexibility index (Phi) is 2.57. The Labute approximate surface area is 93.1 Å². The Morgan fingerprint density at radius 2 is 2.13 bits per heavy atom. The standard InChI is InChI=1S/C12H9ClN2/c1-8-2-3-10-6-9(11(13)7-14)4-5-12(10)15-8/h2-6,11H,1H3. The van der Waals surface area contributed by atoms with Gasteiger partial charge in [-0.05, 0) is 30.7 Å². The van der Waals surface area contributed by atoms with Gasteiger partial charge >= 0.3 is 0 Å². The Hall–Kier alpha value is -1.59. The summed E-state index contributed by atoms with van der Waals surface area (Å²) in [5, 5.41) is 9.13. The van der Waals surface area contributed by atoms with Gasteiger partial charge in [-0.3, -0.25) is 4.98 Å². The Balaban J connectivity index is 2.58. The second-order valence-corrected chi connectivity index (χ2v) is 3.83.